The zero-order valence-electron chi connectivity index (χ0n) is 9.22. The maximum atomic E-state index is 4.38. The summed E-state index contributed by atoms with van der Waals surface area (Å²) in [4.78, 5) is 0. The molecule has 0 radical (unpaired) electrons. The van der Waals surface area contributed by atoms with Gasteiger partial charge in [0, 0.05) is 6.20 Å². The molecule has 0 spiro atoms. The van der Waals surface area contributed by atoms with Crippen molar-refractivity contribution in [3.8, 4) is 0 Å². The van der Waals surface area contributed by atoms with Gasteiger partial charge in [-0.15, -0.1) is 0 Å². The lowest BCUT2D eigenvalue weighted by Gasteiger charge is -2.11. The number of hydrogen-bond acceptors (Lipinski definition) is 1. The Bertz CT molecular complexity index is 417. The summed E-state index contributed by atoms with van der Waals surface area (Å²) in [6.07, 6.45) is 5.11. The van der Waals surface area contributed by atoms with Gasteiger partial charge in [-0.2, -0.15) is 5.10 Å². The molecular formula is C13H16N2. The van der Waals surface area contributed by atoms with E-state index in [2.05, 4.69) is 49.4 Å². The summed E-state index contributed by atoms with van der Waals surface area (Å²) < 4.78 is 2.02. The Hall–Kier alpha value is -1.57. The van der Waals surface area contributed by atoms with E-state index >= 15 is 0 Å². The summed E-state index contributed by atoms with van der Waals surface area (Å²) in [5.41, 5.74) is 2.58. The topological polar surface area (TPSA) is 17.8 Å². The second-order valence-electron chi connectivity index (χ2n) is 3.77. The van der Waals surface area contributed by atoms with Crippen molar-refractivity contribution in [3.63, 3.8) is 0 Å². The van der Waals surface area contributed by atoms with Crippen molar-refractivity contribution in [1.82, 2.24) is 9.78 Å². The molecule has 0 aliphatic carbocycles. The number of aryl methyl sites for hydroxylation is 1. The fourth-order valence-corrected chi connectivity index (χ4v) is 1.66. The molecule has 0 amide bonds. The minimum atomic E-state index is 0.312. The average molecular weight is 200 g/mol. The molecule has 15 heavy (non-hydrogen) atoms. The third kappa shape index (κ3) is 2.09. The number of nitrogens with zero attached hydrogens (tertiary/aromatic N) is 2. The SMILES string of the molecule is CCc1cnn([C@H](C)c2ccccc2)c1. The molecule has 0 saturated carbocycles. The van der Waals surface area contributed by atoms with E-state index in [1.165, 1.54) is 11.1 Å². The maximum Gasteiger partial charge on any atom is 0.0740 e. The Morgan fingerprint density at radius 3 is 2.60 bits per heavy atom. The van der Waals surface area contributed by atoms with Crippen LogP contribution in [0.2, 0.25) is 0 Å². The van der Waals surface area contributed by atoms with Crippen LogP contribution in [0.15, 0.2) is 42.7 Å². The van der Waals surface area contributed by atoms with Crippen LogP contribution >= 0.6 is 0 Å². The molecule has 0 N–H and O–H groups in total. The first-order chi connectivity index (χ1) is 7.31. The Morgan fingerprint density at radius 2 is 2.00 bits per heavy atom. The Morgan fingerprint density at radius 1 is 1.27 bits per heavy atom. The first-order valence-corrected chi connectivity index (χ1v) is 5.39. The molecule has 1 heterocycles. The molecule has 0 aliphatic rings. The van der Waals surface area contributed by atoms with Gasteiger partial charge in [0.1, 0.15) is 0 Å². The number of benzene rings is 1. The predicted octanol–water partition coefficient (Wildman–Crippen LogP) is 3.05. The Kier molecular flexibility index (Phi) is 2.86. The maximum absolute atomic E-state index is 4.38. The third-order valence-corrected chi connectivity index (χ3v) is 2.74. The Balaban J connectivity index is 2.24. The van der Waals surface area contributed by atoms with Gasteiger partial charge < -0.3 is 0 Å². The molecule has 2 heteroatoms. The summed E-state index contributed by atoms with van der Waals surface area (Å²) >= 11 is 0. The monoisotopic (exact) mass is 200 g/mol. The molecule has 0 saturated heterocycles. The normalized spacial score (nSPS) is 12.7. The van der Waals surface area contributed by atoms with Gasteiger partial charge in [-0.3, -0.25) is 4.68 Å². The van der Waals surface area contributed by atoms with Crippen LogP contribution in [0.1, 0.15) is 31.0 Å². The van der Waals surface area contributed by atoms with Crippen molar-refractivity contribution in [2.75, 3.05) is 0 Å². The molecule has 1 atom stereocenters. The van der Waals surface area contributed by atoms with Crippen LogP contribution in [-0.2, 0) is 6.42 Å². The number of rotatable bonds is 3. The molecule has 1 aromatic heterocycles. The fraction of sp³-hybridized carbons (Fsp3) is 0.308. The molecule has 2 rings (SSSR count). The van der Waals surface area contributed by atoms with Crippen LogP contribution in [0.5, 0.6) is 0 Å². The molecule has 0 unspecified atom stereocenters. The summed E-state index contributed by atoms with van der Waals surface area (Å²) in [6.45, 7) is 4.32. The average Bonchev–Trinajstić information content (AvgIpc) is 2.78. The van der Waals surface area contributed by atoms with Crippen molar-refractivity contribution in [2.24, 2.45) is 0 Å². The fourth-order valence-electron chi connectivity index (χ4n) is 1.66. The molecule has 2 aromatic rings. The first kappa shape index (κ1) is 9.97. The lowest BCUT2D eigenvalue weighted by atomic mass is 10.1. The lowest BCUT2D eigenvalue weighted by Crippen LogP contribution is -2.06. The van der Waals surface area contributed by atoms with Gasteiger partial charge in [0.05, 0.1) is 12.2 Å². The number of hydrogen-bond donors (Lipinski definition) is 0. The van der Waals surface area contributed by atoms with Gasteiger partial charge in [0.15, 0.2) is 0 Å². The van der Waals surface area contributed by atoms with Gasteiger partial charge in [-0.05, 0) is 24.5 Å². The van der Waals surface area contributed by atoms with E-state index in [9.17, 15) is 0 Å². The summed E-state index contributed by atoms with van der Waals surface area (Å²) in [5, 5.41) is 4.38. The zero-order chi connectivity index (χ0) is 10.7. The highest BCUT2D eigenvalue weighted by Gasteiger charge is 2.07. The van der Waals surface area contributed by atoms with Gasteiger partial charge >= 0.3 is 0 Å². The van der Waals surface area contributed by atoms with E-state index in [-0.39, 0.29) is 0 Å². The minimum absolute atomic E-state index is 0.312. The van der Waals surface area contributed by atoms with Crippen LogP contribution in [0.4, 0.5) is 0 Å². The van der Waals surface area contributed by atoms with Crippen LogP contribution in [0.25, 0.3) is 0 Å². The quantitative estimate of drug-likeness (QED) is 0.744. The second-order valence-corrected chi connectivity index (χ2v) is 3.77. The Labute approximate surface area is 90.6 Å². The molecule has 0 fully saturated rings. The van der Waals surface area contributed by atoms with Crippen LogP contribution < -0.4 is 0 Å². The van der Waals surface area contributed by atoms with Crippen molar-refractivity contribution in [2.45, 2.75) is 26.3 Å². The van der Waals surface area contributed by atoms with Crippen LogP contribution in [0.3, 0.4) is 0 Å². The smallest absolute Gasteiger partial charge is 0.0740 e. The highest BCUT2D eigenvalue weighted by Crippen LogP contribution is 2.16. The third-order valence-electron chi connectivity index (χ3n) is 2.74. The first-order valence-electron chi connectivity index (χ1n) is 5.39. The summed E-state index contributed by atoms with van der Waals surface area (Å²) in [5.74, 6) is 0. The molecule has 2 nitrogen and oxygen atoms in total. The van der Waals surface area contributed by atoms with Gasteiger partial charge in [-0.25, -0.2) is 0 Å². The standard InChI is InChI=1S/C13H16N2/c1-3-12-9-14-15(10-12)11(2)13-7-5-4-6-8-13/h4-11H,3H2,1-2H3/t11-/m1/s1. The molecular weight excluding hydrogens is 184 g/mol. The van der Waals surface area contributed by atoms with E-state index in [0.29, 0.717) is 6.04 Å². The molecule has 78 valence electrons. The van der Waals surface area contributed by atoms with Crippen molar-refractivity contribution < 1.29 is 0 Å². The van der Waals surface area contributed by atoms with E-state index in [4.69, 9.17) is 0 Å². The molecule has 1 aromatic carbocycles. The van der Waals surface area contributed by atoms with Crippen LogP contribution in [0, 0.1) is 0 Å². The van der Waals surface area contributed by atoms with E-state index in [1.807, 2.05) is 16.9 Å². The van der Waals surface area contributed by atoms with Gasteiger partial charge in [0.25, 0.3) is 0 Å². The van der Waals surface area contributed by atoms with Gasteiger partial charge in [-0.1, -0.05) is 37.3 Å². The van der Waals surface area contributed by atoms with Crippen LogP contribution in [-0.4, -0.2) is 9.78 Å². The largest absolute Gasteiger partial charge is 0.265 e. The lowest BCUT2D eigenvalue weighted by molar-refractivity contribution is 0.564. The molecule has 0 aliphatic heterocycles. The minimum Gasteiger partial charge on any atom is -0.265 e. The van der Waals surface area contributed by atoms with Gasteiger partial charge in [0.2, 0.25) is 0 Å². The highest BCUT2D eigenvalue weighted by molar-refractivity contribution is 5.19. The van der Waals surface area contributed by atoms with Crippen molar-refractivity contribution in [3.05, 3.63) is 53.9 Å². The summed E-state index contributed by atoms with van der Waals surface area (Å²) in [7, 11) is 0. The highest BCUT2D eigenvalue weighted by atomic mass is 15.3. The number of aromatic nitrogens is 2. The van der Waals surface area contributed by atoms with E-state index in [0.717, 1.165) is 6.42 Å². The van der Waals surface area contributed by atoms with E-state index in [1.54, 1.807) is 0 Å². The second kappa shape index (κ2) is 4.30. The van der Waals surface area contributed by atoms with Crippen molar-refractivity contribution >= 4 is 0 Å². The zero-order valence-corrected chi connectivity index (χ0v) is 9.22. The predicted molar refractivity (Wildman–Crippen MR) is 61.9 cm³/mol. The summed E-state index contributed by atoms with van der Waals surface area (Å²) in [6, 6.07) is 10.8. The van der Waals surface area contributed by atoms with E-state index < -0.39 is 0 Å². The molecule has 0 bridgehead atoms. The van der Waals surface area contributed by atoms with Crippen molar-refractivity contribution in [1.29, 1.82) is 0 Å².